The zero-order valence-electron chi connectivity index (χ0n) is 15.0. The number of piperidine rings is 1. The van der Waals surface area contributed by atoms with E-state index in [4.69, 9.17) is 0 Å². The summed E-state index contributed by atoms with van der Waals surface area (Å²) in [6.07, 6.45) is 6.28. The van der Waals surface area contributed by atoms with Gasteiger partial charge in [0.2, 0.25) is 10.0 Å². The molecule has 140 valence electrons. The molecule has 3 rings (SSSR count). The van der Waals surface area contributed by atoms with Crippen LogP contribution in [-0.2, 0) is 23.0 Å². The van der Waals surface area contributed by atoms with Crippen molar-refractivity contribution in [1.82, 2.24) is 14.6 Å². The molecular formula is C20H27N3O2S. The summed E-state index contributed by atoms with van der Waals surface area (Å²) in [6, 6.07) is 13.9. The summed E-state index contributed by atoms with van der Waals surface area (Å²) in [5.74, 6) is 0.577. The summed E-state index contributed by atoms with van der Waals surface area (Å²) in [7, 11) is -3.21. The van der Waals surface area contributed by atoms with E-state index in [9.17, 15) is 8.42 Å². The molecule has 1 aromatic heterocycles. The zero-order valence-corrected chi connectivity index (χ0v) is 15.9. The molecular weight excluding hydrogens is 346 g/mol. The highest BCUT2D eigenvalue weighted by Crippen LogP contribution is 2.18. The topological polar surface area (TPSA) is 62.3 Å². The molecule has 0 spiro atoms. The fraction of sp³-hybridized carbons (Fsp3) is 0.450. The van der Waals surface area contributed by atoms with Gasteiger partial charge in [-0.15, -0.1) is 0 Å². The van der Waals surface area contributed by atoms with Gasteiger partial charge in [0.05, 0.1) is 5.75 Å². The van der Waals surface area contributed by atoms with E-state index in [1.807, 2.05) is 54.9 Å². The molecule has 0 atom stereocenters. The third-order valence-corrected chi connectivity index (χ3v) is 6.30. The van der Waals surface area contributed by atoms with E-state index in [0.717, 1.165) is 38.0 Å². The molecule has 1 aromatic carbocycles. The highest BCUT2D eigenvalue weighted by atomic mass is 32.2. The fourth-order valence-electron chi connectivity index (χ4n) is 3.31. The normalized spacial score (nSPS) is 16.6. The van der Waals surface area contributed by atoms with Crippen LogP contribution in [0.3, 0.4) is 0 Å². The second kappa shape index (κ2) is 9.26. The molecule has 0 aliphatic carbocycles. The second-order valence-corrected chi connectivity index (χ2v) is 8.90. The van der Waals surface area contributed by atoms with Crippen molar-refractivity contribution in [2.45, 2.75) is 25.8 Å². The number of aromatic nitrogens is 1. The zero-order chi connectivity index (χ0) is 18.2. The number of rotatable bonds is 8. The lowest BCUT2D eigenvalue weighted by Crippen LogP contribution is -2.39. The number of benzene rings is 1. The van der Waals surface area contributed by atoms with E-state index in [1.54, 1.807) is 0 Å². The van der Waals surface area contributed by atoms with Gasteiger partial charge in [0.15, 0.2) is 0 Å². The van der Waals surface area contributed by atoms with E-state index in [-0.39, 0.29) is 5.75 Å². The van der Waals surface area contributed by atoms with Gasteiger partial charge in [-0.2, -0.15) is 0 Å². The average Bonchev–Trinajstić information content (AvgIpc) is 2.68. The predicted molar refractivity (Wildman–Crippen MR) is 104 cm³/mol. The maximum atomic E-state index is 12.2. The number of hydrogen-bond donors (Lipinski definition) is 1. The Morgan fingerprint density at radius 3 is 2.38 bits per heavy atom. The molecule has 0 bridgehead atoms. The lowest BCUT2D eigenvalue weighted by molar-refractivity contribution is 0.178. The van der Waals surface area contributed by atoms with Gasteiger partial charge in [-0.3, -0.25) is 9.88 Å². The van der Waals surface area contributed by atoms with Crippen molar-refractivity contribution in [2.75, 3.05) is 25.4 Å². The molecule has 0 saturated carbocycles. The SMILES string of the molecule is O=S(=O)(CCc1ccccc1)NCC1CCN(Cc2ccncc2)CC1. The van der Waals surface area contributed by atoms with E-state index in [0.29, 0.717) is 18.9 Å². The summed E-state index contributed by atoms with van der Waals surface area (Å²) in [4.78, 5) is 6.47. The third kappa shape index (κ3) is 6.20. The molecule has 2 aromatic rings. The molecule has 1 saturated heterocycles. The minimum absolute atomic E-state index is 0.151. The molecule has 0 unspecified atom stereocenters. The first-order valence-corrected chi connectivity index (χ1v) is 10.9. The standard InChI is InChI=1S/C20H27N3O2S/c24-26(25,15-10-18-4-2-1-3-5-18)22-16-19-8-13-23(14-9-19)17-20-6-11-21-12-7-20/h1-7,11-12,19,22H,8-10,13-17H2. The number of sulfonamides is 1. The molecule has 1 fully saturated rings. The van der Waals surface area contributed by atoms with Crippen LogP contribution in [0.1, 0.15) is 24.0 Å². The number of pyridine rings is 1. The van der Waals surface area contributed by atoms with Crippen LogP contribution in [0.5, 0.6) is 0 Å². The van der Waals surface area contributed by atoms with Gasteiger partial charge in [0.25, 0.3) is 0 Å². The molecule has 26 heavy (non-hydrogen) atoms. The van der Waals surface area contributed by atoms with Gasteiger partial charge in [0, 0.05) is 25.5 Å². The molecule has 6 heteroatoms. The molecule has 1 N–H and O–H groups in total. The summed E-state index contributed by atoms with van der Waals surface area (Å²) in [5.41, 5.74) is 2.34. The lowest BCUT2D eigenvalue weighted by atomic mass is 9.97. The van der Waals surface area contributed by atoms with Crippen molar-refractivity contribution in [3.8, 4) is 0 Å². The van der Waals surface area contributed by atoms with Crippen LogP contribution in [0.4, 0.5) is 0 Å². The van der Waals surface area contributed by atoms with Crippen molar-refractivity contribution in [2.24, 2.45) is 5.92 Å². The smallest absolute Gasteiger partial charge is 0.211 e. The van der Waals surface area contributed by atoms with Crippen LogP contribution in [0.25, 0.3) is 0 Å². The first-order chi connectivity index (χ1) is 12.6. The Morgan fingerprint density at radius 1 is 1.00 bits per heavy atom. The Kier molecular flexibility index (Phi) is 6.77. The van der Waals surface area contributed by atoms with E-state index >= 15 is 0 Å². The molecule has 2 heterocycles. The first kappa shape index (κ1) is 19.0. The molecule has 1 aliphatic heterocycles. The summed E-state index contributed by atoms with van der Waals surface area (Å²) >= 11 is 0. The molecule has 0 amide bonds. The molecule has 0 radical (unpaired) electrons. The van der Waals surface area contributed by atoms with Gasteiger partial charge in [-0.1, -0.05) is 30.3 Å². The van der Waals surface area contributed by atoms with Gasteiger partial charge in [0.1, 0.15) is 0 Å². The maximum absolute atomic E-state index is 12.2. The quantitative estimate of drug-likeness (QED) is 0.772. The monoisotopic (exact) mass is 373 g/mol. The molecule has 5 nitrogen and oxygen atoms in total. The fourth-order valence-corrected chi connectivity index (χ4v) is 4.45. The van der Waals surface area contributed by atoms with Crippen molar-refractivity contribution in [3.05, 3.63) is 66.0 Å². The Balaban J connectivity index is 1.37. The van der Waals surface area contributed by atoms with Gasteiger partial charge < -0.3 is 0 Å². The van der Waals surface area contributed by atoms with Gasteiger partial charge in [-0.05, 0) is 61.5 Å². The van der Waals surface area contributed by atoms with E-state index in [1.165, 1.54) is 5.56 Å². The minimum atomic E-state index is -3.21. The maximum Gasteiger partial charge on any atom is 0.211 e. The second-order valence-electron chi connectivity index (χ2n) is 6.98. The van der Waals surface area contributed by atoms with Gasteiger partial charge >= 0.3 is 0 Å². The average molecular weight is 374 g/mol. The third-order valence-electron chi connectivity index (χ3n) is 4.96. The Bertz CT molecular complexity index is 758. The van der Waals surface area contributed by atoms with Crippen molar-refractivity contribution < 1.29 is 8.42 Å². The minimum Gasteiger partial charge on any atom is -0.299 e. The summed E-state index contributed by atoms with van der Waals surface area (Å²) < 4.78 is 27.3. The van der Waals surface area contributed by atoms with Gasteiger partial charge in [-0.25, -0.2) is 13.1 Å². The highest BCUT2D eigenvalue weighted by Gasteiger charge is 2.21. The Morgan fingerprint density at radius 2 is 1.69 bits per heavy atom. The number of likely N-dealkylation sites (tertiary alicyclic amines) is 1. The summed E-state index contributed by atoms with van der Waals surface area (Å²) in [5, 5.41) is 0. The number of hydrogen-bond acceptors (Lipinski definition) is 4. The van der Waals surface area contributed by atoms with E-state index < -0.39 is 10.0 Å². The van der Waals surface area contributed by atoms with Crippen LogP contribution in [0.2, 0.25) is 0 Å². The van der Waals surface area contributed by atoms with Crippen LogP contribution >= 0.6 is 0 Å². The van der Waals surface area contributed by atoms with Crippen LogP contribution in [0, 0.1) is 5.92 Å². The van der Waals surface area contributed by atoms with Crippen LogP contribution in [-0.4, -0.2) is 43.7 Å². The largest absolute Gasteiger partial charge is 0.299 e. The highest BCUT2D eigenvalue weighted by molar-refractivity contribution is 7.89. The molecule has 1 aliphatic rings. The number of nitrogens with zero attached hydrogens (tertiary/aromatic N) is 2. The predicted octanol–water partition coefficient (Wildman–Crippen LogP) is 2.46. The van der Waals surface area contributed by atoms with Crippen molar-refractivity contribution in [3.63, 3.8) is 0 Å². The van der Waals surface area contributed by atoms with Crippen molar-refractivity contribution >= 4 is 10.0 Å². The summed E-state index contributed by atoms with van der Waals surface area (Å²) in [6.45, 7) is 3.52. The Hall–Kier alpha value is -1.76. The first-order valence-electron chi connectivity index (χ1n) is 9.23. The Labute approximate surface area is 156 Å². The lowest BCUT2D eigenvalue weighted by Gasteiger charge is -2.32. The van der Waals surface area contributed by atoms with Crippen molar-refractivity contribution in [1.29, 1.82) is 0 Å². The van der Waals surface area contributed by atoms with Crippen LogP contribution in [0.15, 0.2) is 54.9 Å². The van der Waals surface area contributed by atoms with Crippen LogP contribution < -0.4 is 4.72 Å². The number of aryl methyl sites for hydroxylation is 1. The van der Waals surface area contributed by atoms with E-state index in [2.05, 4.69) is 14.6 Å². The number of nitrogens with one attached hydrogen (secondary N) is 1.